The van der Waals surface area contributed by atoms with Crippen molar-refractivity contribution in [3.63, 3.8) is 0 Å². The molecule has 33 heavy (non-hydrogen) atoms. The summed E-state index contributed by atoms with van der Waals surface area (Å²) in [4.78, 5) is 23.6. The number of halogens is 1. The quantitative estimate of drug-likeness (QED) is 0.328. The number of para-hydroxylation sites is 2. The van der Waals surface area contributed by atoms with E-state index >= 15 is 0 Å². The van der Waals surface area contributed by atoms with Crippen LogP contribution in [0.3, 0.4) is 0 Å². The first kappa shape index (κ1) is 24.3. The standard InChI is InChI=1S/C23H24N4O4S.ClH/c1-29-17-8-9-18-21(14-17)32-23(25-18)27(12-5-11-26-13-10-24-16-26)22(28)15-31-20-7-4-3-6-19(20)30-2;/h3-4,6-10,13-14,16H,5,11-12,15H2,1-2H3;1H. The fraction of sp³-hybridized carbons (Fsp3) is 0.261. The average molecular weight is 489 g/mol. The van der Waals surface area contributed by atoms with Crippen molar-refractivity contribution in [2.45, 2.75) is 13.0 Å². The predicted molar refractivity (Wildman–Crippen MR) is 131 cm³/mol. The molecule has 0 aliphatic rings. The number of imidazole rings is 1. The largest absolute Gasteiger partial charge is 0.497 e. The Morgan fingerprint density at radius 1 is 1.12 bits per heavy atom. The van der Waals surface area contributed by atoms with E-state index in [-0.39, 0.29) is 24.9 Å². The summed E-state index contributed by atoms with van der Waals surface area (Å²) in [5.74, 6) is 1.69. The van der Waals surface area contributed by atoms with Gasteiger partial charge in [0.1, 0.15) is 5.75 Å². The molecule has 4 rings (SSSR count). The van der Waals surface area contributed by atoms with Gasteiger partial charge >= 0.3 is 0 Å². The van der Waals surface area contributed by atoms with Gasteiger partial charge in [0.15, 0.2) is 23.2 Å². The van der Waals surface area contributed by atoms with Crippen molar-refractivity contribution in [2.24, 2.45) is 0 Å². The Hall–Kier alpha value is -3.30. The zero-order chi connectivity index (χ0) is 22.3. The Morgan fingerprint density at radius 2 is 1.94 bits per heavy atom. The number of benzene rings is 2. The van der Waals surface area contributed by atoms with E-state index in [9.17, 15) is 4.79 Å². The molecule has 4 aromatic rings. The summed E-state index contributed by atoms with van der Waals surface area (Å²) in [7, 11) is 3.20. The Bertz CT molecular complexity index is 1180. The van der Waals surface area contributed by atoms with Crippen molar-refractivity contribution in [1.29, 1.82) is 0 Å². The molecule has 1 amide bonds. The van der Waals surface area contributed by atoms with E-state index in [2.05, 4.69) is 9.97 Å². The van der Waals surface area contributed by atoms with Gasteiger partial charge in [-0.25, -0.2) is 9.97 Å². The topological polar surface area (TPSA) is 78.7 Å². The summed E-state index contributed by atoms with van der Waals surface area (Å²) >= 11 is 1.46. The Morgan fingerprint density at radius 3 is 2.67 bits per heavy atom. The van der Waals surface area contributed by atoms with E-state index < -0.39 is 0 Å². The van der Waals surface area contributed by atoms with E-state index in [0.717, 1.165) is 28.9 Å². The lowest BCUT2D eigenvalue weighted by molar-refractivity contribution is -0.120. The minimum absolute atomic E-state index is 0. The van der Waals surface area contributed by atoms with Gasteiger partial charge in [-0.3, -0.25) is 9.69 Å². The lowest BCUT2D eigenvalue weighted by Crippen LogP contribution is -2.36. The lowest BCUT2D eigenvalue weighted by Gasteiger charge is -2.20. The van der Waals surface area contributed by atoms with Crippen LogP contribution in [0.2, 0.25) is 0 Å². The second kappa shape index (κ2) is 11.5. The van der Waals surface area contributed by atoms with Crippen LogP contribution >= 0.6 is 23.7 Å². The molecule has 174 valence electrons. The molecule has 0 saturated heterocycles. The molecule has 0 fully saturated rings. The highest BCUT2D eigenvalue weighted by molar-refractivity contribution is 7.22. The molecule has 2 aromatic heterocycles. The number of hydrogen-bond donors (Lipinski definition) is 0. The fourth-order valence-corrected chi connectivity index (χ4v) is 4.29. The second-order valence-electron chi connectivity index (χ2n) is 6.97. The van der Waals surface area contributed by atoms with E-state index in [4.69, 9.17) is 14.2 Å². The van der Waals surface area contributed by atoms with Crippen LogP contribution in [0.4, 0.5) is 5.13 Å². The summed E-state index contributed by atoms with van der Waals surface area (Å²) in [5, 5.41) is 0.632. The molecular weight excluding hydrogens is 464 g/mol. The first-order valence-electron chi connectivity index (χ1n) is 10.1. The summed E-state index contributed by atoms with van der Waals surface area (Å²) in [6.07, 6.45) is 6.16. The number of hydrogen-bond acceptors (Lipinski definition) is 7. The molecule has 0 aliphatic heterocycles. The van der Waals surface area contributed by atoms with Crippen molar-refractivity contribution in [3.05, 3.63) is 61.2 Å². The van der Waals surface area contributed by atoms with Gasteiger partial charge in [0.25, 0.3) is 5.91 Å². The molecule has 2 aromatic carbocycles. The van der Waals surface area contributed by atoms with Crippen LogP contribution in [0.25, 0.3) is 10.2 Å². The van der Waals surface area contributed by atoms with Crippen molar-refractivity contribution >= 4 is 45.0 Å². The Balaban J connectivity index is 0.00000306. The molecule has 0 unspecified atom stereocenters. The monoisotopic (exact) mass is 488 g/mol. The lowest BCUT2D eigenvalue weighted by atomic mass is 10.3. The smallest absolute Gasteiger partial charge is 0.266 e. The van der Waals surface area contributed by atoms with Gasteiger partial charge in [0.05, 0.1) is 30.8 Å². The highest BCUT2D eigenvalue weighted by Gasteiger charge is 2.21. The highest BCUT2D eigenvalue weighted by Crippen LogP contribution is 2.32. The van der Waals surface area contributed by atoms with Crippen molar-refractivity contribution in [3.8, 4) is 17.2 Å². The number of anilines is 1. The zero-order valence-electron chi connectivity index (χ0n) is 18.3. The van der Waals surface area contributed by atoms with Crippen molar-refractivity contribution in [2.75, 3.05) is 32.3 Å². The molecule has 0 saturated carbocycles. The molecule has 0 N–H and O–H groups in total. The normalized spacial score (nSPS) is 10.5. The molecule has 10 heteroatoms. The van der Waals surface area contributed by atoms with E-state index in [1.54, 1.807) is 43.8 Å². The van der Waals surface area contributed by atoms with Gasteiger partial charge in [-0.2, -0.15) is 0 Å². The predicted octanol–water partition coefficient (Wildman–Crippen LogP) is 4.43. The van der Waals surface area contributed by atoms with Crippen LogP contribution in [0.5, 0.6) is 17.2 Å². The van der Waals surface area contributed by atoms with Gasteiger partial charge in [0, 0.05) is 25.5 Å². The second-order valence-corrected chi connectivity index (χ2v) is 7.98. The molecule has 8 nitrogen and oxygen atoms in total. The number of methoxy groups -OCH3 is 2. The number of rotatable bonds is 10. The first-order chi connectivity index (χ1) is 15.7. The van der Waals surface area contributed by atoms with Crippen LogP contribution in [0.1, 0.15) is 6.42 Å². The molecule has 0 atom stereocenters. The zero-order valence-corrected chi connectivity index (χ0v) is 20.0. The molecule has 2 heterocycles. The van der Waals surface area contributed by atoms with Crippen molar-refractivity contribution < 1.29 is 19.0 Å². The number of amides is 1. The third kappa shape index (κ3) is 5.94. The number of ether oxygens (including phenoxy) is 3. The Labute approximate surface area is 202 Å². The highest BCUT2D eigenvalue weighted by atomic mass is 35.5. The maximum absolute atomic E-state index is 13.2. The van der Waals surface area contributed by atoms with Crippen LogP contribution in [-0.4, -0.2) is 47.8 Å². The van der Waals surface area contributed by atoms with Crippen LogP contribution in [-0.2, 0) is 11.3 Å². The molecule has 0 spiro atoms. The third-order valence-electron chi connectivity index (χ3n) is 4.89. The molecule has 0 radical (unpaired) electrons. The summed E-state index contributed by atoms with van der Waals surface area (Å²) < 4.78 is 19.3. The number of carbonyl (C=O) groups excluding carboxylic acids is 1. The Kier molecular flexibility index (Phi) is 8.51. The average Bonchev–Trinajstić information content (AvgIpc) is 3.49. The van der Waals surface area contributed by atoms with Gasteiger partial charge in [0.2, 0.25) is 0 Å². The number of carbonyl (C=O) groups is 1. The van der Waals surface area contributed by atoms with E-state index in [0.29, 0.717) is 23.2 Å². The number of aryl methyl sites for hydroxylation is 1. The van der Waals surface area contributed by atoms with Gasteiger partial charge in [-0.1, -0.05) is 23.5 Å². The minimum atomic E-state index is -0.174. The molecular formula is C23H25ClN4O4S. The number of nitrogens with zero attached hydrogens (tertiary/aromatic N) is 4. The van der Waals surface area contributed by atoms with Gasteiger partial charge < -0.3 is 18.8 Å². The van der Waals surface area contributed by atoms with Crippen molar-refractivity contribution in [1.82, 2.24) is 14.5 Å². The van der Waals surface area contributed by atoms with E-state index in [1.165, 1.54) is 11.3 Å². The van der Waals surface area contributed by atoms with Gasteiger partial charge in [-0.05, 0) is 36.8 Å². The maximum Gasteiger partial charge on any atom is 0.266 e. The SMILES string of the molecule is COc1ccc2nc(N(CCCn3ccnc3)C(=O)COc3ccccc3OC)sc2c1.Cl. The first-order valence-corrected chi connectivity index (χ1v) is 11.0. The summed E-state index contributed by atoms with van der Waals surface area (Å²) in [6, 6.07) is 13.0. The van der Waals surface area contributed by atoms with Gasteiger partial charge in [-0.15, -0.1) is 12.4 Å². The molecule has 0 bridgehead atoms. The third-order valence-corrected chi connectivity index (χ3v) is 5.93. The van der Waals surface area contributed by atoms with E-state index in [1.807, 2.05) is 41.1 Å². The van der Waals surface area contributed by atoms with Crippen LogP contribution < -0.4 is 19.1 Å². The summed E-state index contributed by atoms with van der Waals surface area (Å²) in [5.41, 5.74) is 0.823. The number of thiazole rings is 1. The number of aromatic nitrogens is 3. The van der Waals surface area contributed by atoms with Crippen LogP contribution in [0, 0.1) is 0 Å². The van der Waals surface area contributed by atoms with Crippen LogP contribution in [0.15, 0.2) is 61.2 Å². The minimum Gasteiger partial charge on any atom is -0.497 e. The summed E-state index contributed by atoms with van der Waals surface area (Å²) in [6.45, 7) is 1.13. The maximum atomic E-state index is 13.2. The number of fused-ring (bicyclic) bond motifs is 1. The molecule has 0 aliphatic carbocycles. The fourth-order valence-electron chi connectivity index (χ4n) is 3.25.